The number of benzene rings is 1. The topological polar surface area (TPSA) is 19.0 Å². The number of fused-ring (bicyclic) bond motifs is 1. The molecule has 0 atom stereocenters. The zero-order chi connectivity index (χ0) is 10.8. The molecule has 0 amide bonds. The third kappa shape index (κ3) is 2.16. The van der Waals surface area contributed by atoms with E-state index in [4.69, 9.17) is 11.6 Å². The number of H-pyrrole nitrogens is 1. The van der Waals surface area contributed by atoms with E-state index in [1.54, 1.807) is 0 Å². The smallest absolute Gasteiger partial charge is 0.0502 e. The number of likely N-dealkylation sites (N-methyl/N-ethyl adjacent to an activating group) is 1. The Kier molecular flexibility index (Phi) is 2.98. The monoisotopic (exact) mass is 222 g/mol. The van der Waals surface area contributed by atoms with Crippen LogP contribution < -0.4 is 0 Å². The Labute approximate surface area is 94.8 Å². The third-order valence-electron chi connectivity index (χ3n) is 2.56. The Balaban J connectivity index is 2.35. The van der Waals surface area contributed by atoms with Gasteiger partial charge in [0.25, 0.3) is 0 Å². The lowest BCUT2D eigenvalue weighted by molar-refractivity contribution is 0.414. The summed E-state index contributed by atoms with van der Waals surface area (Å²) in [6.45, 7) is 1.04. The van der Waals surface area contributed by atoms with Crippen molar-refractivity contribution < 1.29 is 0 Å². The highest BCUT2D eigenvalue weighted by molar-refractivity contribution is 6.35. The molecule has 0 aliphatic rings. The van der Waals surface area contributed by atoms with Crippen LogP contribution in [-0.2, 0) is 6.42 Å². The second-order valence-corrected chi connectivity index (χ2v) is 4.44. The van der Waals surface area contributed by atoms with E-state index in [1.165, 1.54) is 10.9 Å². The van der Waals surface area contributed by atoms with Crippen molar-refractivity contribution in [3.05, 3.63) is 35.0 Å². The largest absolute Gasteiger partial charge is 0.361 e. The summed E-state index contributed by atoms with van der Waals surface area (Å²) in [5.41, 5.74) is 2.42. The summed E-state index contributed by atoms with van der Waals surface area (Å²) < 4.78 is 0. The van der Waals surface area contributed by atoms with E-state index in [-0.39, 0.29) is 0 Å². The molecule has 0 saturated carbocycles. The van der Waals surface area contributed by atoms with E-state index in [1.807, 2.05) is 12.1 Å². The van der Waals surface area contributed by atoms with Gasteiger partial charge in [-0.3, -0.25) is 0 Å². The average Bonchev–Trinajstić information content (AvgIpc) is 2.59. The molecule has 0 bridgehead atoms. The van der Waals surface area contributed by atoms with E-state index < -0.39 is 0 Å². The highest BCUT2D eigenvalue weighted by atomic mass is 35.5. The number of halogens is 1. The van der Waals surface area contributed by atoms with Crippen molar-refractivity contribution in [1.82, 2.24) is 9.88 Å². The first-order valence-electron chi connectivity index (χ1n) is 5.07. The van der Waals surface area contributed by atoms with Crippen LogP contribution in [0.15, 0.2) is 24.4 Å². The number of aromatic nitrogens is 1. The lowest BCUT2D eigenvalue weighted by Crippen LogP contribution is -2.14. The maximum absolute atomic E-state index is 6.19. The van der Waals surface area contributed by atoms with E-state index >= 15 is 0 Å². The molecule has 1 heterocycles. The fraction of sp³-hybridized carbons (Fsp3) is 0.333. The summed E-state index contributed by atoms with van der Waals surface area (Å²) in [7, 11) is 4.16. The fourth-order valence-corrected chi connectivity index (χ4v) is 2.04. The van der Waals surface area contributed by atoms with Crippen molar-refractivity contribution >= 4 is 22.5 Å². The van der Waals surface area contributed by atoms with Gasteiger partial charge >= 0.3 is 0 Å². The summed E-state index contributed by atoms with van der Waals surface area (Å²) in [6.07, 6.45) is 3.08. The standard InChI is InChI=1S/C12H15ClN2/c1-15(2)7-6-9-8-14-11-5-3-4-10(13)12(9)11/h3-5,8,14H,6-7H2,1-2H3. The quantitative estimate of drug-likeness (QED) is 0.846. The van der Waals surface area contributed by atoms with Gasteiger partial charge < -0.3 is 9.88 Å². The summed E-state index contributed by atoms with van der Waals surface area (Å²) in [4.78, 5) is 5.43. The van der Waals surface area contributed by atoms with Crippen LogP contribution in [0.3, 0.4) is 0 Å². The highest BCUT2D eigenvalue weighted by Gasteiger charge is 2.06. The van der Waals surface area contributed by atoms with Gasteiger partial charge in [-0.1, -0.05) is 17.7 Å². The second kappa shape index (κ2) is 4.25. The molecule has 3 heteroatoms. The summed E-state index contributed by atoms with van der Waals surface area (Å²) >= 11 is 6.19. The highest BCUT2D eigenvalue weighted by Crippen LogP contribution is 2.26. The average molecular weight is 223 g/mol. The molecule has 0 aliphatic heterocycles. The van der Waals surface area contributed by atoms with Crippen molar-refractivity contribution in [2.24, 2.45) is 0 Å². The minimum Gasteiger partial charge on any atom is -0.361 e. The van der Waals surface area contributed by atoms with Crippen LogP contribution >= 0.6 is 11.6 Å². The van der Waals surface area contributed by atoms with E-state index in [0.717, 1.165) is 23.5 Å². The molecule has 1 N–H and O–H groups in total. The van der Waals surface area contributed by atoms with Gasteiger partial charge in [-0.25, -0.2) is 0 Å². The van der Waals surface area contributed by atoms with Crippen molar-refractivity contribution in [2.45, 2.75) is 6.42 Å². The normalized spacial score (nSPS) is 11.5. The van der Waals surface area contributed by atoms with Crippen LogP contribution in [0.1, 0.15) is 5.56 Å². The van der Waals surface area contributed by atoms with Gasteiger partial charge in [-0.05, 0) is 38.2 Å². The minimum atomic E-state index is 0.836. The zero-order valence-electron chi connectivity index (χ0n) is 9.05. The van der Waals surface area contributed by atoms with Crippen molar-refractivity contribution in [3.8, 4) is 0 Å². The molecule has 80 valence electrons. The lowest BCUT2D eigenvalue weighted by Gasteiger charge is -2.08. The SMILES string of the molecule is CN(C)CCc1c[nH]c2cccc(Cl)c12. The fourth-order valence-electron chi connectivity index (χ4n) is 1.75. The molecule has 2 rings (SSSR count). The van der Waals surface area contributed by atoms with Crippen LogP contribution in [0.4, 0.5) is 0 Å². The van der Waals surface area contributed by atoms with Gasteiger partial charge in [0.05, 0.1) is 5.02 Å². The first-order chi connectivity index (χ1) is 7.18. The molecule has 0 spiro atoms. The lowest BCUT2D eigenvalue weighted by atomic mass is 10.1. The Bertz CT molecular complexity index is 460. The number of hydrogen-bond donors (Lipinski definition) is 1. The molecule has 0 radical (unpaired) electrons. The van der Waals surface area contributed by atoms with Crippen molar-refractivity contribution in [2.75, 3.05) is 20.6 Å². The van der Waals surface area contributed by atoms with Gasteiger partial charge in [-0.2, -0.15) is 0 Å². The Hall–Kier alpha value is -0.990. The second-order valence-electron chi connectivity index (χ2n) is 4.03. The maximum Gasteiger partial charge on any atom is 0.0502 e. The number of hydrogen-bond acceptors (Lipinski definition) is 1. The molecule has 1 aromatic heterocycles. The molecule has 0 fully saturated rings. The first-order valence-corrected chi connectivity index (χ1v) is 5.45. The number of aromatic amines is 1. The van der Waals surface area contributed by atoms with Gasteiger partial charge in [-0.15, -0.1) is 0 Å². The maximum atomic E-state index is 6.19. The molecular formula is C12H15ClN2. The van der Waals surface area contributed by atoms with Crippen LogP contribution in [0.25, 0.3) is 10.9 Å². The van der Waals surface area contributed by atoms with Gasteiger partial charge in [0.2, 0.25) is 0 Å². The Morgan fingerprint density at radius 2 is 2.13 bits per heavy atom. The van der Waals surface area contributed by atoms with Crippen LogP contribution in [-0.4, -0.2) is 30.5 Å². The number of nitrogens with zero attached hydrogens (tertiary/aromatic N) is 1. The summed E-state index contributed by atoms with van der Waals surface area (Å²) in [5, 5.41) is 2.00. The minimum absolute atomic E-state index is 0.836. The predicted molar refractivity (Wildman–Crippen MR) is 65.6 cm³/mol. The Morgan fingerprint density at radius 3 is 2.87 bits per heavy atom. The van der Waals surface area contributed by atoms with Crippen LogP contribution in [0.5, 0.6) is 0 Å². The molecule has 2 aromatic rings. The van der Waals surface area contributed by atoms with Gasteiger partial charge in [0.15, 0.2) is 0 Å². The van der Waals surface area contributed by atoms with Gasteiger partial charge in [0, 0.05) is 23.6 Å². The van der Waals surface area contributed by atoms with E-state index in [0.29, 0.717) is 0 Å². The summed E-state index contributed by atoms with van der Waals surface area (Å²) in [5.74, 6) is 0. The Morgan fingerprint density at radius 1 is 1.33 bits per heavy atom. The molecular weight excluding hydrogens is 208 g/mol. The molecule has 2 nitrogen and oxygen atoms in total. The zero-order valence-corrected chi connectivity index (χ0v) is 9.80. The van der Waals surface area contributed by atoms with Crippen LogP contribution in [0, 0.1) is 0 Å². The third-order valence-corrected chi connectivity index (χ3v) is 2.88. The molecule has 0 unspecified atom stereocenters. The molecule has 15 heavy (non-hydrogen) atoms. The number of rotatable bonds is 3. The van der Waals surface area contributed by atoms with E-state index in [2.05, 4.69) is 36.2 Å². The predicted octanol–water partition coefficient (Wildman–Crippen LogP) is 2.93. The molecule has 0 saturated heterocycles. The summed E-state index contributed by atoms with van der Waals surface area (Å²) in [6, 6.07) is 5.97. The first kappa shape index (κ1) is 10.5. The molecule has 1 aromatic carbocycles. The van der Waals surface area contributed by atoms with Crippen LogP contribution in [0.2, 0.25) is 5.02 Å². The number of nitrogens with one attached hydrogen (secondary N) is 1. The molecule has 0 aliphatic carbocycles. The van der Waals surface area contributed by atoms with Crippen molar-refractivity contribution in [3.63, 3.8) is 0 Å². The van der Waals surface area contributed by atoms with Gasteiger partial charge in [0.1, 0.15) is 0 Å². The van der Waals surface area contributed by atoms with E-state index in [9.17, 15) is 0 Å². The van der Waals surface area contributed by atoms with Crippen molar-refractivity contribution in [1.29, 1.82) is 0 Å².